The van der Waals surface area contributed by atoms with Crippen LogP contribution in [0.3, 0.4) is 0 Å². The molecule has 1 aliphatic carbocycles. The van der Waals surface area contributed by atoms with Gasteiger partial charge in [0, 0.05) is 28.9 Å². The van der Waals surface area contributed by atoms with Gasteiger partial charge in [0.2, 0.25) is 0 Å². The second-order valence-electron chi connectivity index (χ2n) is 5.66. The SMILES string of the molecule is Cc1n[nH]c(C)c1CNC(c1ccc(Cl)cc1)C1CC1. The molecule has 0 aliphatic heterocycles. The van der Waals surface area contributed by atoms with Crippen molar-refractivity contribution in [3.8, 4) is 0 Å². The van der Waals surface area contributed by atoms with Gasteiger partial charge >= 0.3 is 0 Å². The summed E-state index contributed by atoms with van der Waals surface area (Å²) in [5.74, 6) is 0.753. The van der Waals surface area contributed by atoms with E-state index in [-0.39, 0.29) is 0 Å². The van der Waals surface area contributed by atoms with Gasteiger partial charge in [-0.25, -0.2) is 0 Å². The molecule has 106 valence electrons. The fourth-order valence-corrected chi connectivity index (χ4v) is 2.83. The van der Waals surface area contributed by atoms with Crippen LogP contribution in [-0.2, 0) is 6.54 Å². The molecule has 20 heavy (non-hydrogen) atoms. The van der Waals surface area contributed by atoms with Gasteiger partial charge in [0.25, 0.3) is 0 Å². The first-order valence-electron chi connectivity index (χ1n) is 7.14. The Morgan fingerprint density at radius 3 is 2.55 bits per heavy atom. The molecule has 1 aliphatic rings. The van der Waals surface area contributed by atoms with Crippen LogP contribution in [0, 0.1) is 19.8 Å². The molecule has 2 N–H and O–H groups in total. The van der Waals surface area contributed by atoms with Gasteiger partial charge in [-0.2, -0.15) is 5.10 Å². The van der Waals surface area contributed by atoms with Crippen LogP contribution in [0.4, 0.5) is 0 Å². The predicted octanol–water partition coefficient (Wildman–Crippen LogP) is 3.92. The summed E-state index contributed by atoms with van der Waals surface area (Å²) in [4.78, 5) is 0. The van der Waals surface area contributed by atoms with Crippen molar-refractivity contribution in [3.05, 3.63) is 51.8 Å². The second-order valence-corrected chi connectivity index (χ2v) is 6.10. The van der Waals surface area contributed by atoms with Gasteiger partial charge in [-0.05, 0) is 50.3 Å². The van der Waals surface area contributed by atoms with Crippen LogP contribution in [-0.4, -0.2) is 10.2 Å². The Labute approximate surface area is 124 Å². The maximum Gasteiger partial charge on any atom is 0.0638 e. The first-order chi connectivity index (χ1) is 9.65. The molecule has 0 spiro atoms. The van der Waals surface area contributed by atoms with Crippen LogP contribution in [0.1, 0.15) is 41.4 Å². The van der Waals surface area contributed by atoms with E-state index in [1.54, 1.807) is 0 Å². The Morgan fingerprint density at radius 1 is 1.30 bits per heavy atom. The van der Waals surface area contributed by atoms with Crippen LogP contribution in [0.5, 0.6) is 0 Å². The molecule has 3 nitrogen and oxygen atoms in total. The highest BCUT2D eigenvalue weighted by molar-refractivity contribution is 6.30. The minimum absolute atomic E-state index is 0.418. The molecule has 1 aromatic heterocycles. The highest BCUT2D eigenvalue weighted by Crippen LogP contribution is 2.41. The Balaban J connectivity index is 1.74. The molecule has 1 saturated carbocycles. The standard InChI is InChI=1S/C16H20ClN3/c1-10-15(11(2)20-19-10)9-18-16(12-3-4-12)13-5-7-14(17)8-6-13/h5-8,12,16,18H,3-4,9H2,1-2H3,(H,19,20). The average Bonchev–Trinajstić information content (AvgIpc) is 3.22. The first-order valence-corrected chi connectivity index (χ1v) is 7.52. The number of hydrogen-bond donors (Lipinski definition) is 2. The molecule has 0 saturated heterocycles. The zero-order valence-corrected chi connectivity index (χ0v) is 12.7. The van der Waals surface area contributed by atoms with Gasteiger partial charge in [0.15, 0.2) is 0 Å². The van der Waals surface area contributed by atoms with Crippen molar-refractivity contribution in [2.75, 3.05) is 0 Å². The molecule has 0 bridgehead atoms. The summed E-state index contributed by atoms with van der Waals surface area (Å²) in [6.45, 7) is 4.98. The van der Waals surface area contributed by atoms with Crippen molar-refractivity contribution < 1.29 is 0 Å². The summed E-state index contributed by atoms with van der Waals surface area (Å²) in [5.41, 5.74) is 4.85. The van der Waals surface area contributed by atoms with Crippen molar-refractivity contribution in [3.63, 3.8) is 0 Å². The third-order valence-electron chi connectivity index (χ3n) is 4.10. The third kappa shape index (κ3) is 2.89. The number of benzene rings is 1. The number of nitrogens with one attached hydrogen (secondary N) is 2. The molecule has 3 rings (SSSR count). The molecule has 2 aromatic rings. The largest absolute Gasteiger partial charge is 0.305 e. The highest BCUT2D eigenvalue weighted by Gasteiger charge is 2.32. The number of aryl methyl sites for hydroxylation is 2. The quantitative estimate of drug-likeness (QED) is 0.876. The van der Waals surface area contributed by atoms with E-state index in [1.165, 1.54) is 24.0 Å². The number of H-pyrrole nitrogens is 1. The van der Waals surface area contributed by atoms with Crippen LogP contribution in [0.2, 0.25) is 5.02 Å². The van der Waals surface area contributed by atoms with Crippen LogP contribution in [0.15, 0.2) is 24.3 Å². The number of aromatic nitrogens is 2. The number of hydrogen-bond acceptors (Lipinski definition) is 2. The van der Waals surface area contributed by atoms with Gasteiger partial charge in [-0.1, -0.05) is 23.7 Å². The Hall–Kier alpha value is -1.32. The van der Waals surface area contributed by atoms with E-state index in [9.17, 15) is 0 Å². The monoisotopic (exact) mass is 289 g/mol. The zero-order valence-electron chi connectivity index (χ0n) is 11.9. The number of halogens is 1. The molecule has 1 fully saturated rings. The lowest BCUT2D eigenvalue weighted by atomic mass is 10.0. The summed E-state index contributed by atoms with van der Waals surface area (Å²) in [7, 11) is 0. The lowest BCUT2D eigenvalue weighted by Gasteiger charge is -2.19. The Morgan fingerprint density at radius 2 is 2.00 bits per heavy atom. The van der Waals surface area contributed by atoms with E-state index in [0.29, 0.717) is 6.04 Å². The van der Waals surface area contributed by atoms with Gasteiger partial charge in [0.1, 0.15) is 0 Å². The Bertz CT molecular complexity index is 565. The van der Waals surface area contributed by atoms with Crippen molar-refractivity contribution in [2.24, 2.45) is 5.92 Å². The summed E-state index contributed by atoms with van der Waals surface area (Å²) < 4.78 is 0. The molecule has 1 unspecified atom stereocenters. The molecular formula is C16H20ClN3. The second kappa shape index (κ2) is 5.58. The third-order valence-corrected chi connectivity index (χ3v) is 4.35. The van der Waals surface area contributed by atoms with Crippen LogP contribution >= 0.6 is 11.6 Å². The zero-order chi connectivity index (χ0) is 14.1. The molecular weight excluding hydrogens is 270 g/mol. The van der Waals surface area contributed by atoms with E-state index in [0.717, 1.165) is 28.9 Å². The van der Waals surface area contributed by atoms with E-state index >= 15 is 0 Å². The summed E-state index contributed by atoms with van der Waals surface area (Å²) in [6.07, 6.45) is 2.62. The lowest BCUT2D eigenvalue weighted by molar-refractivity contribution is 0.479. The Kier molecular flexibility index (Phi) is 3.81. The molecule has 1 aromatic carbocycles. The van der Waals surface area contributed by atoms with Gasteiger partial charge in [0.05, 0.1) is 5.69 Å². The molecule has 4 heteroatoms. The van der Waals surface area contributed by atoms with E-state index in [2.05, 4.69) is 41.5 Å². The smallest absolute Gasteiger partial charge is 0.0638 e. The van der Waals surface area contributed by atoms with Crippen molar-refractivity contribution in [1.82, 2.24) is 15.5 Å². The van der Waals surface area contributed by atoms with Crippen LogP contribution in [0.25, 0.3) is 0 Å². The number of aromatic amines is 1. The normalized spacial score (nSPS) is 16.4. The lowest BCUT2D eigenvalue weighted by Crippen LogP contribution is -2.23. The fourth-order valence-electron chi connectivity index (χ4n) is 2.70. The number of nitrogens with zero attached hydrogens (tertiary/aromatic N) is 1. The average molecular weight is 290 g/mol. The predicted molar refractivity (Wildman–Crippen MR) is 81.8 cm³/mol. The molecule has 1 heterocycles. The summed E-state index contributed by atoms with van der Waals surface area (Å²) in [5, 5.41) is 11.8. The van der Waals surface area contributed by atoms with Crippen LogP contribution < -0.4 is 5.32 Å². The maximum atomic E-state index is 5.98. The minimum atomic E-state index is 0.418. The molecule has 1 atom stereocenters. The molecule has 0 amide bonds. The summed E-state index contributed by atoms with van der Waals surface area (Å²) in [6, 6.07) is 8.63. The highest BCUT2D eigenvalue weighted by atomic mass is 35.5. The van der Waals surface area contributed by atoms with E-state index in [1.807, 2.05) is 12.1 Å². The van der Waals surface area contributed by atoms with Gasteiger partial charge < -0.3 is 5.32 Å². The van der Waals surface area contributed by atoms with Gasteiger partial charge in [-0.3, -0.25) is 5.10 Å². The maximum absolute atomic E-state index is 5.98. The topological polar surface area (TPSA) is 40.7 Å². The first kappa shape index (κ1) is 13.7. The minimum Gasteiger partial charge on any atom is -0.305 e. The van der Waals surface area contributed by atoms with E-state index < -0.39 is 0 Å². The van der Waals surface area contributed by atoms with Crippen molar-refractivity contribution >= 4 is 11.6 Å². The van der Waals surface area contributed by atoms with Crippen molar-refractivity contribution in [2.45, 2.75) is 39.3 Å². The van der Waals surface area contributed by atoms with Crippen molar-refractivity contribution in [1.29, 1.82) is 0 Å². The number of rotatable bonds is 5. The van der Waals surface area contributed by atoms with E-state index in [4.69, 9.17) is 11.6 Å². The van der Waals surface area contributed by atoms with Gasteiger partial charge in [-0.15, -0.1) is 0 Å². The molecule has 0 radical (unpaired) electrons. The fraction of sp³-hybridized carbons (Fsp3) is 0.438. The summed E-state index contributed by atoms with van der Waals surface area (Å²) >= 11 is 5.98.